The molecule has 1 aromatic rings. The lowest BCUT2D eigenvalue weighted by Gasteiger charge is -2.33. The van der Waals surface area contributed by atoms with Gasteiger partial charge in [0.15, 0.2) is 5.82 Å². The van der Waals surface area contributed by atoms with Gasteiger partial charge >= 0.3 is 0 Å². The number of nitrogen functional groups attached to an aromatic ring is 1. The van der Waals surface area contributed by atoms with Crippen LogP contribution in [0.1, 0.15) is 19.8 Å². The van der Waals surface area contributed by atoms with Crippen LogP contribution in [0.3, 0.4) is 0 Å². The van der Waals surface area contributed by atoms with Crippen molar-refractivity contribution in [2.75, 3.05) is 10.7 Å². The maximum atomic E-state index is 5.32. The van der Waals surface area contributed by atoms with E-state index in [2.05, 4.69) is 43.6 Å². The molecule has 0 saturated heterocycles. The number of hydrogen-bond acceptors (Lipinski definition) is 5. The first-order valence-electron chi connectivity index (χ1n) is 4.94. The highest BCUT2D eigenvalue weighted by Gasteiger charge is 2.26. The first-order chi connectivity index (χ1) is 7.20. The van der Waals surface area contributed by atoms with Crippen LogP contribution in [0.2, 0.25) is 0 Å². The zero-order valence-corrected chi connectivity index (χ0v) is 10.1. The van der Waals surface area contributed by atoms with E-state index < -0.39 is 0 Å². The van der Waals surface area contributed by atoms with Gasteiger partial charge in [-0.3, -0.25) is 0 Å². The highest BCUT2D eigenvalue weighted by Crippen LogP contribution is 2.32. The first-order valence-corrected chi connectivity index (χ1v) is 5.73. The molecule has 5 nitrogen and oxygen atoms in total. The van der Waals surface area contributed by atoms with Gasteiger partial charge in [-0.25, -0.2) is 15.8 Å². The predicted molar refractivity (Wildman–Crippen MR) is 63.4 cm³/mol. The van der Waals surface area contributed by atoms with Crippen molar-refractivity contribution >= 4 is 27.6 Å². The van der Waals surface area contributed by atoms with Crippen LogP contribution in [0.15, 0.2) is 10.8 Å². The molecule has 1 aromatic heterocycles. The van der Waals surface area contributed by atoms with E-state index in [1.165, 1.54) is 19.2 Å². The number of hydrogen-bond donors (Lipinski definition) is 3. The molecule has 1 heterocycles. The van der Waals surface area contributed by atoms with E-state index >= 15 is 0 Å². The number of halogens is 1. The van der Waals surface area contributed by atoms with E-state index in [1.807, 2.05) is 0 Å². The summed E-state index contributed by atoms with van der Waals surface area (Å²) in [6.07, 6.45) is 3.88. The van der Waals surface area contributed by atoms with E-state index in [4.69, 9.17) is 5.84 Å². The fourth-order valence-electron chi connectivity index (χ4n) is 1.78. The summed E-state index contributed by atoms with van der Waals surface area (Å²) < 4.78 is 0.784. The lowest BCUT2D eigenvalue weighted by atomic mass is 9.82. The standard InChI is InChI=1S/C9H14BrN5/c1-5-2-6(3-5)14-8-7(10)9(15-11)13-4-12-8/h4-6H,2-3,11H2,1H3,(H2,12,13,14,15). The Labute approximate surface area is 97.0 Å². The Hall–Kier alpha value is -0.880. The Morgan fingerprint density at radius 1 is 1.40 bits per heavy atom. The highest BCUT2D eigenvalue weighted by atomic mass is 79.9. The third-order valence-corrected chi connectivity index (χ3v) is 3.39. The van der Waals surface area contributed by atoms with Crippen LogP contribution in [-0.2, 0) is 0 Å². The van der Waals surface area contributed by atoms with Crippen LogP contribution in [-0.4, -0.2) is 16.0 Å². The van der Waals surface area contributed by atoms with Crippen molar-refractivity contribution in [2.45, 2.75) is 25.8 Å². The number of aromatic nitrogens is 2. The number of nitrogens with zero attached hydrogens (tertiary/aromatic N) is 2. The zero-order valence-electron chi connectivity index (χ0n) is 8.50. The van der Waals surface area contributed by atoms with Crippen molar-refractivity contribution in [2.24, 2.45) is 11.8 Å². The number of rotatable bonds is 3. The van der Waals surface area contributed by atoms with E-state index in [1.54, 1.807) is 0 Å². The molecule has 2 rings (SSSR count). The molecule has 0 atom stereocenters. The second-order valence-electron chi connectivity index (χ2n) is 3.95. The molecule has 1 saturated carbocycles. The average molecular weight is 272 g/mol. The summed E-state index contributed by atoms with van der Waals surface area (Å²) in [5, 5.41) is 3.36. The fourth-order valence-corrected chi connectivity index (χ4v) is 2.22. The van der Waals surface area contributed by atoms with Crippen molar-refractivity contribution in [3.05, 3.63) is 10.8 Å². The molecule has 1 aliphatic rings. The van der Waals surface area contributed by atoms with E-state index in [0.29, 0.717) is 11.9 Å². The number of nitrogens with one attached hydrogen (secondary N) is 2. The summed E-state index contributed by atoms with van der Waals surface area (Å²) in [6, 6.07) is 0.525. The minimum Gasteiger partial charge on any atom is -0.366 e. The number of anilines is 2. The van der Waals surface area contributed by atoms with Crippen LogP contribution in [0.25, 0.3) is 0 Å². The molecule has 0 bridgehead atoms. The summed E-state index contributed by atoms with van der Waals surface area (Å²) >= 11 is 3.41. The van der Waals surface area contributed by atoms with Crippen LogP contribution in [0.5, 0.6) is 0 Å². The number of hydrazine groups is 1. The fraction of sp³-hybridized carbons (Fsp3) is 0.556. The Balaban J connectivity index is 2.07. The molecule has 0 unspecified atom stereocenters. The van der Waals surface area contributed by atoms with E-state index in [-0.39, 0.29) is 0 Å². The van der Waals surface area contributed by atoms with Crippen molar-refractivity contribution in [1.29, 1.82) is 0 Å². The molecule has 0 amide bonds. The van der Waals surface area contributed by atoms with Gasteiger partial charge in [-0.05, 0) is 34.7 Å². The van der Waals surface area contributed by atoms with Gasteiger partial charge in [-0.2, -0.15) is 0 Å². The Kier molecular flexibility index (Phi) is 3.06. The molecule has 1 aliphatic carbocycles. The largest absolute Gasteiger partial charge is 0.366 e. The van der Waals surface area contributed by atoms with Gasteiger partial charge < -0.3 is 10.7 Å². The monoisotopic (exact) mass is 271 g/mol. The molecule has 4 N–H and O–H groups in total. The third-order valence-electron chi connectivity index (χ3n) is 2.64. The maximum absolute atomic E-state index is 5.32. The van der Waals surface area contributed by atoms with Crippen LogP contribution in [0.4, 0.5) is 11.6 Å². The van der Waals surface area contributed by atoms with Crippen LogP contribution >= 0.6 is 15.9 Å². The summed E-state index contributed by atoms with van der Waals surface area (Å²) in [6.45, 7) is 2.25. The Bertz CT molecular complexity index is 350. The SMILES string of the molecule is CC1CC(Nc2ncnc(NN)c2Br)C1. The average Bonchev–Trinajstić information content (AvgIpc) is 2.18. The molecule has 15 heavy (non-hydrogen) atoms. The van der Waals surface area contributed by atoms with Gasteiger partial charge in [0.1, 0.15) is 16.6 Å². The first kappa shape index (κ1) is 10.6. The molecule has 0 aliphatic heterocycles. The molecule has 82 valence electrons. The van der Waals surface area contributed by atoms with Crippen molar-refractivity contribution in [3.63, 3.8) is 0 Å². The Morgan fingerprint density at radius 2 is 2.07 bits per heavy atom. The van der Waals surface area contributed by atoms with Crippen LogP contribution in [0, 0.1) is 5.92 Å². The molecule has 0 radical (unpaired) electrons. The molecule has 0 aromatic carbocycles. The number of nitrogens with two attached hydrogens (primary N) is 1. The highest BCUT2D eigenvalue weighted by molar-refractivity contribution is 9.10. The summed E-state index contributed by atoms with van der Waals surface area (Å²) in [7, 11) is 0. The van der Waals surface area contributed by atoms with Crippen molar-refractivity contribution in [3.8, 4) is 0 Å². The van der Waals surface area contributed by atoms with E-state index in [9.17, 15) is 0 Å². The predicted octanol–water partition coefficient (Wildman–Crippen LogP) is 1.74. The second kappa shape index (κ2) is 4.32. The summed E-state index contributed by atoms with van der Waals surface area (Å²) in [5.74, 6) is 7.53. The van der Waals surface area contributed by atoms with Gasteiger partial charge in [-0.15, -0.1) is 0 Å². The second-order valence-corrected chi connectivity index (χ2v) is 4.74. The maximum Gasteiger partial charge on any atom is 0.159 e. The topological polar surface area (TPSA) is 75.9 Å². The van der Waals surface area contributed by atoms with Gasteiger partial charge in [0, 0.05) is 6.04 Å². The lowest BCUT2D eigenvalue weighted by Crippen LogP contribution is -2.34. The summed E-state index contributed by atoms with van der Waals surface area (Å²) in [4.78, 5) is 8.16. The quantitative estimate of drug-likeness (QED) is 0.577. The molecular formula is C9H14BrN5. The van der Waals surface area contributed by atoms with E-state index in [0.717, 1.165) is 16.2 Å². The van der Waals surface area contributed by atoms with Crippen LogP contribution < -0.4 is 16.6 Å². The zero-order chi connectivity index (χ0) is 10.8. The lowest BCUT2D eigenvalue weighted by molar-refractivity contribution is 0.308. The summed E-state index contributed by atoms with van der Waals surface area (Å²) in [5.41, 5.74) is 2.52. The minimum absolute atomic E-state index is 0.525. The minimum atomic E-state index is 0.525. The molecule has 0 spiro atoms. The van der Waals surface area contributed by atoms with Gasteiger partial charge in [0.25, 0.3) is 0 Å². The molecular weight excluding hydrogens is 258 g/mol. The smallest absolute Gasteiger partial charge is 0.159 e. The molecule has 6 heteroatoms. The van der Waals surface area contributed by atoms with Gasteiger partial charge in [0.05, 0.1) is 0 Å². The van der Waals surface area contributed by atoms with Gasteiger partial charge in [-0.1, -0.05) is 6.92 Å². The van der Waals surface area contributed by atoms with Crippen molar-refractivity contribution < 1.29 is 0 Å². The van der Waals surface area contributed by atoms with Crippen molar-refractivity contribution in [1.82, 2.24) is 9.97 Å². The Morgan fingerprint density at radius 3 is 2.67 bits per heavy atom. The normalized spacial score (nSPS) is 24.5. The molecule has 1 fully saturated rings. The third kappa shape index (κ3) is 2.21. The van der Waals surface area contributed by atoms with Gasteiger partial charge in [0.2, 0.25) is 0 Å².